The molecule has 0 radical (unpaired) electrons. The highest BCUT2D eigenvalue weighted by molar-refractivity contribution is 4.77. The predicted molar refractivity (Wildman–Crippen MR) is 61.0 cm³/mol. The summed E-state index contributed by atoms with van der Waals surface area (Å²) in [5, 5.41) is 3.62. The Bertz CT molecular complexity index is 112. The molecule has 0 aliphatic rings. The topological polar surface area (TPSA) is 12.0 Å². The Kier molecular flexibility index (Phi) is 7.35. The lowest BCUT2D eigenvalue weighted by Gasteiger charge is -2.29. The first kappa shape index (κ1) is 13.0. The van der Waals surface area contributed by atoms with Crippen molar-refractivity contribution in [1.29, 1.82) is 0 Å². The molecule has 0 aromatic carbocycles. The van der Waals surface area contributed by atoms with Crippen molar-refractivity contribution in [3.63, 3.8) is 0 Å². The fourth-order valence-electron chi connectivity index (χ4n) is 2.09. The van der Waals surface area contributed by atoms with Gasteiger partial charge < -0.3 is 5.32 Å². The summed E-state index contributed by atoms with van der Waals surface area (Å²) in [7, 11) is 0. The van der Waals surface area contributed by atoms with Crippen LogP contribution in [0, 0.1) is 11.8 Å². The second-order valence-corrected chi connectivity index (χ2v) is 4.23. The van der Waals surface area contributed by atoms with E-state index in [0.29, 0.717) is 0 Å². The molecule has 0 bridgehead atoms. The zero-order chi connectivity index (χ0) is 10.3. The van der Waals surface area contributed by atoms with Gasteiger partial charge in [0, 0.05) is 6.04 Å². The zero-order valence-corrected chi connectivity index (χ0v) is 10.1. The standard InChI is InChI=1S/C12H27N/c1-6-9-11(5)12(13-8-3)10(4)7-2/h10-13H,6-9H2,1-5H3. The van der Waals surface area contributed by atoms with Crippen LogP contribution in [0.1, 0.15) is 53.9 Å². The summed E-state index contributed by atoms with van der Waals surface area (Å²) in [6, 6.07) is 0.718. The van der Waals surface area contributed by atoms with Gasteiger partial charge in [-0.1, -0.05) is 47.5 Å². The van der Waals surface area contributed by atoms with Crippen molar-refractivity contribution < 1.29 is 0 Å². The van der Waals surface area contributed by atoms with Crippen LogP contribution in [0.25, 0.3) is 0 Å². The maximum atomic E-state index is 3.62. The SMILES string of the molecule is CCCC(C)C(NCC)C(C)CC. The molecule has 0 aliphatic heterocycles. The Morgan fingerprint density at radius 1 is 1.00 bits per heavy atom. The van der Waals surface area contributed by atoms with Crippen LogP contribution in [0.4, 0.5) is 0 Å². The average molecular weight is 185 g/mol. The Hall–Kier alpha value is -0.0400. The van der Waals surface area contributed by atoms with E-state index in [9.17, 15) is 0 Å². The van der Waals surface area contributed by atoms with Crippen molar-refractivity contribution in [1.82, 2.24) is 5.32 Å². The molecule has 80 valence electrons. The Balaban J connectivity index is 4.05. The first-order chi connectivity index (χ1) is 6.17. The van der Waals surface area contributed by atoms with E-state index in [1.165, 1.54) is 19.3 Å². The fourth-order valence-corrected chi connectivity index (χ4v) is 2.09. The van der Waals surface area contributed by atoms with Crippen LogP contribution < -0.4 is 5.32 Å². The number of nitrogens with one attached hydrogen (secondary N) is 1. The fraction of sp³-hybridized carbons (Fsp3) is 1.00. The third-order valence-corrected chi connectivity index (χ3v) is 3.05. The van der Waals surface area contributed by atoms with Gasteiger partial charge in [-0.15, -0.1) is 0 Å². The summed E-state index contributed by atoms with van der Waals surface area (Å²) in [5.74, 6) is 1.63. The maximum absolute atomic E-state index is 3.62. The lowest BCUT2D eigenvalue weighted by atomic mass is 9.86. The third-order valence-electron chi connectivity index (χ3n) is 3.05. The zero-order valence-electron chi connectivity index (χ0n) is 10.1. The summed E-state index contributed by atoms with van der Waals surface area (Å²) in [6.45, 7) is 12.6. The molecule has 0 saturated carbocycles. The van der Waals surface area contributed by atoms with Gasteiger partial charge in [0.1, 0.15) is 0 Å². The van der Waals surface area contributed by atoms with Crippen molar-refractivity contribution in [3.8, 4) is 0 Å². The lowest BCUT2D eigenvalue weighted by Crippen LogP contribution is -2.40. The van der Waals surface area contributed by atoms with Gasteiger partial charge in [0.25, 0.3) is 0 Å². The van der Waals surface area contributed by atoms with Gasteiger partial charge in [-0.2, -0.15) is 0 Å². The van der Waals surface area contributed by atoms with Crippen LogP contribution in [0.2, 0.25) is 0 Å². The molecule has 0 spiro atoms. The number of hydrogen-bond donors (Lipinski definition) is 1. The second-order valence-electron chi connectivity index (χ2n) is 4.23. The van der Waals surface area contributed by atoms with Gasteiger partial charge >= 0.3 is 0 Å². The van der Waals surface area contributed by atoms with Gasteiger partial charge in [-0.25, -0.2) is 0 Å². The number of hydrogen-bond acceptors (Lipinski definition) is 1. The smallest absolute Gasteiger partial charge is 0.0118 e. The molecule has 0 saturated heterocycles. The minimum atomic E-state index is 0.718. The number of rotatable bonds is 7. The predicted octanol–water partition coefficient (Wildman–Crippen LogP) is 3.45. The average Bonchev–Trinajstić information content (AvgIpc) is 2.13. The van der Waals surface area contributed by atoms with Gasteiger partial charge in [0.2, 0.25) is 0 Å². The summed E-state index contributed by atoms with van der Waals surface area (Å²) in [5.41, 5.74) is 0. The minimum Gasteiger partial charge on any atom is -0.314 e. The van der Waals surface area contributed by atoms with Crippen molar-refractivity contribution >= 4 is 0 Å². The first-order valence-electron chi connectivity index (χ1n) is 5.90. The van der Waals surface area contributed by atoms with E-state index >= 15 is 0 Å². The van der Waals surface area contributed by atoms with Crippen molar-refractivity contribution in [2.75, 3.05) is 6.54 Å². The summed E-state index contributed by atoms with van der Waals surface area (Å²) in [6.07, 6.45) is 3.94. The van der Waals surface area contributed by atoms with Gasteiger partial charge in [0.15, 0.2) is 0 Å². The highest BCUT2D eigenvalue weighted by Gasteiger charge is 2.20. The molecule has 3 atom stereocenters. The van der Waals surface area contributed by atoms with Gasteiger partial charge in [-0.05, 0) is 24.8 Å². The Labute approximate surface area is 84.3 Å². The van der Waals surface area contributed by atoms with Crippen molar-refractivity contribution in [2.45, 2.75) is 59.9 Å². The molecule has 0 amide bonds. The van der Waals surface area contributed by atoms with E-state index in [-0.39, 0.29) is 0 Å². The van der Waals surface area contributed by atoms with Crippen LogP contribution in [0.5, 0.6) is 0 Å². The molecule has 3 unspecified atom stereocenters. The molecule has 1 nitrogen and oxygen atoms in total. The van der Waals surface area contributed by atoms with E-state index in [1.54, 1.807) is 0 Å². The Morgan fingerprint density at radius 3 is 2.00 bits per heavy atom. The van der Waals surface area contributed by atoms with E-state index in [4.69, 9.17) is 0 Å². The highest BCUT2D eigenvalue weighted by atomic mass is 14.9. The molecule has 0 aliphatic carbocycles. The van der Waals surface area contributed by atoms with E-state index in [0.717, 1.165) is 24.4 Å². The first-order valence-corrected chi connectivity index (χ1v) is 5.90. The van der Waals surface area contributed by atoms with E-state index < -0.39 is 0 Å². The largest absolute Gasteiger partial charge is 0.314 e. The van der Waals surface area contributed by atoms with Crippen molar-refractivity contribution in [3.05, 3.63) is 0 Å². The summed E-state index contributed by atoms with van der Waals surface area (Å²) >= 11 is 0. The second kappa shape index (κ2) is 7.37. The van der Waals surface area contributed by atoms with E-state index in [2.05, 4.69) is 39.9 Å². The molecule has 0 aromatic rings. The molecule has 1 heteroatoms. The normalized spacial score (nSPS) is 18.2. The molecular weight excluding hydrogens is 158 g/mol. The molecule has 1 N–H and O–H groups in total. The van der Waals surface area contributed by atoms with Crippen LogP contribution in [0.3, 0.4) is 0 Å². The molecule has 0 fully saturated rings. The summed E-state index contributed by atoms with van der Waals surface area (Å²) in [4.78, 5) is 0. The third kappa shape index (κ3) is 4.66. The van der Waals surface area contributed by atoms with Gasteiger partial charge in [0.05, 0.1) is 0 Å². The molecular formula is C12H27N. The molecule has 13 heavy (non-hydrogen) atoms. The van der Waals surface area contributed by atoms with Crippen molar-refractivity contribution in [2.24, 2.45) is 11.8 Å². The molecule has 0 aromatic heterocycles. The molecule has 0 heterocycles. The highest BCUT2D eigenvalue weighted by Crippen LogP contribution is 2.19. The minimum absolute atomic E-state index is 0.718. The van der Waals surface area contributed by atoms with Crippen LogP contribution >= 0.6 is 0 Å². The van der Waals surface area contributed by atoms with Crippen LogP contribution in [0.15, 0.2) is 0 Å². The van der Waals surface area contributed by atoms with Crippen LogP contribution in [-0.2, 0) is 0 Å². The maximum Gasteiger partial charge on any atom is 0.0118 e. The van der Waals surface area contributed by atoms with E-state index in [1.807, 2.05) is 0 Å². The monoisotopic (exact) mass is 185 g/mol. The quantitative estimate of drug-likeness (QED) is 0.640. The van der Waals surface area contributed by atoms with Crippen LogP contribution in [-0.4, -0.2) is 12.6 Å². The molecule has 0 rings (SSSR count). The lowest BCUT2D eigenvalue weighted by molar-refractivity contribution is 0.269. The Morgan fingerprint density at radius 2 is 1.62 bits per heavy atom. The summed E-state index contributed by atoms with van der Waals surface area (Å²) < 4.78 is 0. The van der Waals surface area contributed by atoms with Gasteiger partial charge in [-0.3, -0.25) is 0 Å².